The van der Waals surface area contributed by atoms with Crippen molar-refractivity contribution in [1.29, 1.82) is 0 Å². The third kappa shape index (κ3) is 1.97. The summed E-state index contributed by atoms with van der Waals surface area (Å²) in [6, 6.07) is 0. The first-order valence-corrected chi connectivity index (χ1v) is 9.14. The van der Waals surface area contributed by atoms with Crippen LogP contribution in [0.5, 0.6) is 0 Å². The van der Waals surface area contributed by atoms with Gasteiger partial charge in [-0.2, -0.15) is 0 Å². The molecule has 2 aliphatic rings. The average molecular weight is 248 g/mol. The van der Waals surface area contributed by atoms with Crippen LogP contribution in [0.15, 0.2) is 12.2 Å². The second-order valence-electron chi connectivity index (χ2n) is 4.59. The Bertz CT molecular complexity index is 292. The van der Waals surface area contributed by atoms with Gasteiger partial charge in [-0.25, -0.2) is 0 Å². The summed E-state index contributed by atoms with van der Waals surface area (Å²) in [5.41, 5.74) is 1.31. The molecule has 0 N–H and O–H groups in total. The summed E-state index contributed by atoms with van der Waals surface area (Å²) >= 11 is 7.24. The van der Waals surface area contributed by atoms with Gasteiger partial charge < -0.3 is 4.52 Å². The Morgan fingerprint density at radius 2 is 2.43 bits per heavy atom. The Morgan fingerprint density at radius 3 is 3.07 bits per heavy atom. The van der Waals surface area contributed by atoms with Crippen LogP contribution < -0.4 is 0 Å². The summed E-state index contributed by atoms with van der Waals surface area (Å²) in [7, 11) is 0. The molecule has 1 unspecified atom stereocenters. The minimum absolute atomic E-state index is 0.321. The molecule has 1 aliphatic heterocycles. The molecule has 1 saturated carbocycles. The number of hydrogen-bond donors (Lipinski definition) is 0. The molecule has 14 heavy (non-hydrogen) atoms. The van der Waals surface area contributed by atoms with Gasteiger partial charge in [0.15, 0.2) is 0 Å². The van der Waals surface area contributed by atoms with Crippen LogP contribution >= 0.6 is 17.5 Å². The standard InChI is InChI=1S/C10H17OPS2/c1-7(2)8-4-5-10(3)9(6-8)11-12(13)14-10/h8-9,12H,1,4-6H2,2-3H3/t8-,9+,10+/m1/s1. The number of rotatable bonds is 1. The van der Waals surface area contributed by atoms with Gasteiger partial charge >= 0.3 is 0 Å². The van der Waals surface area contributed by atoms with E-state index in [0.29, 0.717) is 16.8 Å². The van der Waals surface area contributed by atoms with Crippen molar-refractivity contribution in [3.8, 4) is 0 Å². The average Bonchev–Trinajstić information content (AvgIpc) is 2.37. The Kier molecular flexibility index (Phi) is 3.15. The molecule has 80 valence electrons. The highest BCUT2D eigenvalue weighted by atomic mass is 32.9. The summed E-state index contributed by atoms with van der Waals surface area (Å²) in [5, 5.41) is 0. The summed E-state index contributed by atoms with van der Waals surface area (Å²) < 4.78 is 6.21. The van der Waals surface area contributed by atoms with Crippen LogP contribution in [0.1, 0.15) is 33.1 Å². The third-order valence-electron chi connectivity index (χ3n) is 3.42. The quantitative estimate of drug-likeness (QED) is 0.516. The van der Waals surface area contributed by atoms with E-state index in [9.17, 15) is 0 Å². The zero-order chi connectivity index (χ0) is 10.3. The SMILES string of the molecule is C=C(C)[C@@H]1CC[C@]2(C)S[PH](=S)O[C@H]2C1. The van der Waals surface area contributed by atoms with E-state index in [4.69, 9.17) is 16.3 Å². The summed E-state index contributed by atoms with van der Waals surface area (Å²) in [6.45, 7) is 8.51. The molecule has 4 heteroatoms. The maximum absolute atomic E-state index is 5.89. The van der Waals surface area contributed by atoms with E-state index in [1.165, 1.54) is 18.4 Å². The van der Waals surface area contributed by atoms with Crippen molar-refractivity contribution in [1.82, 2.24) is 0 Å². The van der Waals surface area contributed by atoms with Crippen LogP contribution in [0.2, 0.25) is 0 Å². The fourth-order valence-electron chi connectivity index (χ4n) is 2.32. The van der Waals surface area contributed by atoms with E-state index in [1.807, 2.05) is 11.4 Å². The van der Waals surface area contributed by atoms with E-state index in [-0.39, 0.29) is 0 Å². The van der Waals surface area contributed by atoms with Gasteiger partial charge in [0.1, 0.15) is 6.13 Å². The smallest absolute Gasteiger partial charge is 0.108 e. The van der Waals surface area contributed by atoms with Crippen molar-refractivity contribution in [2.24, 2.45) is 5.92 Å². The molecule has 1 aliphatic carbocycles. The minimum Gasteiger partial charge on any atom is -0.339 e. The Labute approximate surface area is 95.9 Å². The van der Waals surface area contributed by atoms with Crippen molar-refractivity contribution < 1.29 is 4.52 Å². The normalized spacial score (nSPS) is 47.4. The van der Waals surface area contributed by atoms with Gasteiger partial charge in [0.25, 0.3) is 0 Å². The van der Waals surface area contributed by atoms with E-state index in [0.717, 1.165) is 6.42 Å². The van der Waals surface area contributed by atoms with Crippen LogP contribution in [0.4, 0.5) is 0 Å². The highest BCUT2D eigenvalue weighted by molar-refractivity contribution is 8.63. The molecular weight excluding hydrogens is 231 g/mol. The Balaban J connectivity index is 2.11. The highest BCUT2D eigenvalue weighted by Gasteiger charge is 2.46. The minimum atomic E-state index is -0.974. The molecule has 0 aromatic heterocycles. The van der Waals surface area contributed by atoms with Gasteiger partial charge in [-0.15, -0.1) is 0 Å². The molecule has 4 atom stereocenters. The van der Waals surface area contributed by atoms with Crippen LogP contribution in [0.3, 0.4) is 0 Å². The molecular formula is C10H17OPS2. The van der Waals surface area contributed by atoms with Gasteiger partial charge in [-0.3, -0.25) is 0 Å². The maximum Gasteiger partial charge on any atom is 0.108 e. The van der Waals surface area contributed by atoms with Crippen LogP contribution in [0, 0.1) is 5.92 Å². The van der Waals surface area contributed by atoms with Gasteiger partial charge in [0, 0.05) is 4.75 Å². The van der Waals surface area contributed by atoms with E-state index < -0.39 is 6.13 Å². The lowest BCUT2D eigenvalue weighted by atomic mass is 9.77. The third-order valence-corrected chi connectivity index (χ3v) is 8.22. The summed E-state index contributed by atoms with van der Waals surface area (Å²) in [6.07, 6.45) is 3.07. The van der Waals surface area contributed by atoms with Gasteiger partial charge in [-0.1, -0.05) is 35.3 Å². The zero-order valence-electron chi connectivity index (χ0n) is 8.71. The largest absolute Gasteiger partial charge is 0.339 e. The molecule has 1 heterocycles. The lowest BCUT2D eigenvalue weighted by Crippen LogP contribution is -2.39. The molecule has 1 nitrogen and oxygen atoms in total. The van der Waals surface area contributed by atoms with Crippen LogP contribution in [0.25, 0.3) is 0 Å². The first-order valence-electron chi connectivity index (χ1n) is 5.06. The lowest BCUT2D eigenvalue weighted by Gasteiger charge is -2.37. The Hall–Kier alpha value is 0.700. The molecule has 0 amide bonds. The second kappa shape index (κ2) is 3.93. The molecule has 2 rings (SSSR count). The van der Waals surface area contributed by atoms with Crippen LogP contribution in [-0.4, -0.2) is 10.9 Å². The number of hydrogen-bond acceptors (Lipinski definition) is 3. The monoisotopic (exact) mass is 248 g/mol. The van der Waals surface area contributed by atoms with Gasteiger partial charge in [0.05, 0.1) is 6.10 Å². The predicted molar refractivity (Wildman–Crippen MR) is 68.7 cm³/mol. The predicted octanol–water partition coefficient (Wildman–Crippen LogP) is 3.76. The lowest BCUT2D eigenvalue weighted by molar-refractivity contribution is 0.130. The molecule has 2 fully saturated rings. The topological polar surface area (TPSA) is 9.23 Å². The van der Waals surface area contributed by atoms with Gasteiger partial charge in [-0.05, 0) is 39.0 Å². The molecule has 0 aromatic rings. The highest BCUT2D eigenvalue weighted by Crippen LogP contribution is 2.63. The van der Waals surface area contributed by atoms with Gasteiger partial charge in [0.2, 0.25) is 0 Å². The molecule has 0 aromatic carbocycles. The van der Waals surface area contributed by atoms with Crippen molar-refractivity contribution in [3.05, 3.63) is 12.2 Å². The van der Waals surface area contributed by atoms with E-state index in [2.05, 4.69) is 20.4 Å². The maximum atomic E-state index is 5.89. The summed E-state index contributed by atoms with van der Waals surface area (Å²) in [5.74, 6) is 0.663. The zero-order valence-corrected chi connectivity index (χ0v) is 11.3. The molecule has 1 saturated heterocycles. The van der Waals surface area contributed by atoms with Crippen molar-refractivity contribution in [2.45, 2.75) is 44.0 Å². The first-order chi connectivity index (χ1) is 6.51. The number of fused-ring (bicyclic) bond motifs is 1. The van der Waals surface area contributed by atoms with Crippen molar-refractivity contribution >= 4 is 29.3 Å². The Morgan fingerprint density at radius 1 is 1.71 bits per heavy atom. The fourth-order valence-corrected chi connectivity index (χ4v) is 8.31. The fraction of sp³-hybridized carbons (Fsp3) is 0.800. The number of allylic oxidation sites excluding steroid dienone is 1. The first kappa shape index (κ1) is 11.2. The molecule has 0 spiro atoms. The van der Waals surface area contributed by atoms with E-state index in [1.54, 1.807) is 0 Å². The van der Waals surface area contributed by atoms with Crippen LogP contribution in [-0.2, 0) is 16.3 Å². The molecule has 0 radical (unpaired) electrons. The van der Waals surface area contributed by atoms with E-state index >= 15 is 0 Å². The molecule has 0 bridgehead atoms. The summed E-state index contributed by atoms with van der Waals surface area (Å²) in [4.78, 5) is 0. The van der Waals surface area contributed by atoms with Crippen molar-refractivity contribution in [3.63, 3.8) is 0 Å². The van der Waals surface area contributed by atoms with Crippen molar-refractivity contribution in [2.75, 3.05) is 0 Å². The second-order valence-corrected chi connectivity index (χ2v) is 10.1.